The molecule has 2 fully saturated rings. The van der Waals surface area contributed by atoms with Crippen LogP contribution in [0, 0.1) is 17.2 Å². The van der Waals surface area contributed by atoms with Crippen molar-refractivity contribution < 1.29 is 14.3 Å². The van der Waals surface area contributed by atoms with Crippen LogP contribution in [0.5, 0.6) is 5.75 Å². The van der Waals surface area contributed by atoms with E-state index in [9.17, 15) is 9.59 Å². The van der Waals surface area contributed by atoms with Crippen LogP contribution in [0.1, 0.15) is 18.4 Å². The Labute approximate surface area is 192 Å². The number of anilines is 2. The summed E-state index contributed by atoms with van der Waals surface area (Å²) in [6.07, 6.45) is 1.03. The molecule has 4 rings (SSSR count). The molecular formula is C24H25ClN4O3. The summed E-state index contributed by atoms with van der Waals surface area (Å²) < 4.78 is 5.39. The van der Waals surface area contributed by atoms with Crippen molar-refractivity contribution in [1.29, 1.82) is 5.26 Å². The average molecular weight is 453 g/mol. The van der Waals surface area contributed by atoms with Crippen molar-refractivity contribution in [3.8, 4) is 11.8 Å². The molecule has 2 aromatic rings. The number of carbonyl (C=O) groups is 2. The highest BCUT2D eigenvalue weighted by Gasteiger charge is 2.38. The molecule has 0 bridgehead atoms. The Hall–Kier alpha value is -3.24. The first kappa shape index (κ1) is 22.0. The van der Waals surface area contributed by atoms with Crippen LogP contribution in [0.4, 0.5) is 11.4 Å². The number of nitrogens with zero attached hydrogens (tertiary/aromatic N) is 4. The minimum Gasteiger partial charge on any atom is -0.495 e. The van der Waals surface area contributed by atoms with Crippen molar-refractivity contribution in [2.45, 2.75) is 12.8 Å². The van der Waals surface area contributed by atoms with Crippen molar-refractivity contribution in [3.05, 3.63) is 53.1 Å². The van der Waals surface area contributed by atoms with Crippen molar-refractivity contribution in [3.63, 3.8) is 0 Å². The van der Waals surface area contributed by atoms with E-state index < -0.39 is 0 Å². The fourth-order valence-corrected chi connectivity index (χ4v) is 4.55. The zero-order valence-electron chi connectivity index (χ0n) is 18.0. The van der Waals surface area contributed by atoms with Gasteiger partial charge in [0.25, 0.3) is 0 Å². The smallest absolute Gasteiger partial charge is 0.228 e. The van der Waals surface area contributed by atoms with Gasteiger partial charge in [-0.1, -0.05) is 11.6 Å². The van der Waals surface area contributed by atoms with Gasteiger partial charge in [-0.3, -0.25) is 9.59 Å². The van der Waals surface area contributed by atoms with E-state index in [4.69, 9.17) is 21.6 Å². The van der Waals surface area contributed by atoms with E-state index in [1.807, 2.05) is 29.2 Å². The summed E-state index contributed by atoms with van der Waals surface area (Å²) in [4.78, 5) is 31.7. The largest absolute Gasteiger partial charge is 0.495 e. The van der Waals surface area contributed by atoms with Crippen molar-refractivity contribution >= 4 is 34.8 Å². The minimum atomic E-state index is -0.382. The average Bonchev–Trinajstić information content (AvgIpc) is 3.03. The van der Waals surface area contributed by atoms with Crippen LogP contribution in [0.15, 0.2) is 42.5 Å². The molecule has 1 unspecified atom stereocenters. The summed E-state index contributed by atoms with van der Waals surface area (Å²) >= 11 is 6.13. The van der Waals surface area contributed by atoms with E-state index in [0.29, 0.717) is 48.2 Å². The highest BCUT2D eigenvalue weighted by atomic mass is 35.5. The lowest BCUT2D eigenvalue weighted by Crippen LogP contribution is -2.40. The molecule has 2 aromatic carbocycles. The number of nitriles is 1. The summed E-state index contributed by atoms with van der Waals surface area (Å²) in [7, 11) is 1.55. The predicted molar refractivity (Wildman–Crippen MR) is 123 cm³/mol. The summed E-state index contributed by atoms with van der Waals surface area (Å²) in [5, 5.41) is 9.50. The van der Waals surface area contributed by atoms with E-state index in [1.165, 1.54) is 0 Å². The zero-order valence-corrected chi connectivity index (χ0v) is 18.7. The highest BCUT2D eigenvalue weighted by molar-refractivity contribution is 6.31. The molecule has 2 amide bonds. The molecule has 2 aliphatic heterocycles. The van der Waals surface area contributed by atoms with Gasteiger partial charge >= 0.3 is 0 Å². The van der Waals surface area contributed by atoms with Crippen LogP contribution in [-0.4, -0.2) is 56.5 Å². The summed E-state index contributed by atoms with van der Waals surface area (Å²) in [6, 6.07) is 14.8. The van der Waals surface area contributed by atoms with E-state index in [-0.39, 0.29) is 24.2 Å². The first-order chi connectivity index (χ1) is 15.5. The number of carbonyl (C=O) groups excluding carboxylic acids is 2. The second-order valence-corrected chi connectivity index (χ2v) is 8.48. The molecule has 7 nitrogen and oxygen atoms in total. The third-order valence-corrected chi connectivity index (χ3v) is 6.31. The summed E-state index contributed by atoms with van der Waals surface area (Å²) in [6.45, 7) is 3.14. The van der Waals surface area contributed by atoms with E-state index >= 15 is 0 Å². The quantitative estimate of drug-likeness (QED) is 0.711. The maximum absolute atomic E-state index is 13.3. The molecule has 1 atom stereocenters. The number of benzene rings is 2. The fourth-order valence-electron chi connectivity index (χ4n) is 4.38. The van der Waals surface area contributed by atoms with Crippen LogP contribution >= 0.6 is 11.6 Å². The lowest BCUT2D eigenvalue weighted by atomic mass is 10.1. The number of ether oxygens (including phenoxy) is 1. The van der Waals surface area contributed by atoms with E-state index in [0.717, 1.165) is 18.7 Å². The van der Waals surface area contributed by atoms with Crippen molar-refractivity contribution in [1.82, 2.24) is 4.90 Å². The Morgan fingerprint density at radius 2 is 1.91 bits per heavy atom. The number of rotatable bonds is 4. The fraction of sp³-hybridized carbons (Fsp3) is 0.375. The Bertz CT molecular complexity index is 1050. The molecule has 32 heavy (non-hydrogen) atoms. The number of amides is 2. The van der Waals surface area contributed by atoms with Crippen LogP contribution in [-0.2, 0) is 9.59 Å². The molecule has 0 aromatic heterocycles. The maximum atomic E-state index is 13.3. The molecule has 2 saturated heterocycles. The third kappa shape index (κ3) is 4.51. The van der Waals surface area contributed by atoms with E-state index in [1.54, 1.807) is 30.2 Å². The molecule has 0 saturated carbocycles. The van der Waals surface area contributed by atoms with Gasteiger partial charge in [-0.15, -0.1) is 0 Å². The number of halogens is 1. The molecule has 2 aliphatic rings. The second-order valence-electron chi connectivity index (χ2n) is 8.05. The normalized spacial score (nSPS) is 19.0. The van der Waals surface area contributed by atoms with Gasteiger partial charge in [-0.25, -0.2) is 0 Å². The molecule has 2 heterocycles. The first-order valence-electron chi connectivity index (χ1n) is 10.7. The van der Waals surface area contributed by atoms with Crippen molar-refractivity contribution in [2.24, 2.45) is 5.92 Å². The van der Waals surface area contributed by atoms with Crippen LogP contribution in [0.25, 0.3) is 0 Å². The van der Waals surface area contributed by atoms with Gasteiger partial charge in [-0.2, -0.15) is 5.26 Å². The van der Waals surface area contributed by atoms with E-state index in [2.05, 4.69) is 11.0 Å². The molecule has 166 valence electrons. The molecule has 8 heteroatoms. The first-order valence-corrected chi connectivity index (χ1v) is 11.1. The Morgan fingerprint density at radius 3 is 2.62 bits per heavy atom. The van der Waals surface area contributed by atoms with Crippen molar-refractivity contribution in [2.75, 3.05) is 49.6 Å². The van der Waals surface area contributed by atoms with Crippen LogP contribution < -0.4 is 14.5 Å². The minimum absolute atomic E-state index is 0.0172. The van der Waals surface area contributed by atoms with Gasteiger partial charge in [0.15, 0.2) is 0 Å². The maximum Gasteiger partial charge on any atom is 0.228 e. The molecule has 0 radical (unpaired) electrons. The van der Waals surface area contributed by atoms with Crippen LogP contribution in [0.3, 0.4) is 0 Å². The SMILES string of the molecule is COc1ccc(Cl)cc1N1CC(C(=O)N2CCCN(c3ccc(C#N)cc3)CC2)CC1=O. The second kappa shape index (κ2) is 9.49. The van der Waals surface area contributed by atoms with Gasteiger partial charge in [0.1, 0.15) is 5.75 Å². The highest BCUT2D eigenvalue weighted by Crippen LogP contribution is 2.35. The van der Waals surface area contributed by atoms with Gasteiger partial charge in [0.05, 0.1) is 30.3 Å². The van der Waals surface area contributed by atoms with Gasteiger partial charge in [0, 0.05) is 49.9 Å². The third-order valence-electron chi connectivity index (χ3n) is 6.08. The summed E-state index contributed by atoms with van der Waals surface area (Å²) in [5.41, 5.74) is 2.28. The summed E-state index contributed by atoms with van der Waals surface area (Å²) in [5.74, 6) is 0.0952. The molecule has 0 aliphatic carbocycles. The molecular weight excluding hydrogens is 428 g/mol. The van der Waals surface area contributed by atoms with Crippen LogP contribution in [0.2, 0.25) is 5.02 Å². The molecule has 0 spiro atoms. The van der Waals surface area contributed by atoms with Gasteiger partial charge in [-0.05, 0) is 48.9 Å². The number of hydrogen-bond acceptors (Lipinski definition) is 5. The monoisotopic (exact) mass is 452 g/mol. The number of methoxy groups -OCH3 is 1. The lowest BCUT2D eigenvalue weighted by molar-refractivity contribution is -0.135. The van der Waals surface area contributed by atoms with Gasteiger partial charge < -0.3 is 19.4 Å². The topological polar surface area (TPSA) is 76.9 Å². The number of hydrogen-bond donors (Lipinski definition) is 0. The Balaban J connectivity index is 1.42. The zero-order chi connectivity index (χ0) is 22.7. The van der Waals surface area contributed by atoms with Gasteiger partial charge in [0.2, 0.25) is 11.8 Å². The molecule has 0 N–H and O–H groups in total. The Kier molecular flexibility index (Phi) is 6.52. The predicted octanol–water partition coefficient (Wildman–Crippen LogP) is 3.31. The standard InChI is InChI=1S/C24H25ClN4O3/c1-32-22-8-5-19(25)14-21(22)29-16-18(13-23(29)30)24(31)28-10-2-9-27(11-12-28)20-6-3-17(15-26)4-7-20/h3-8,14,18H,2,9-13,16H2,1H3. The lowest BCUT2D eigenvalue weighted by Gasteiger charge is -2.25. The Morgan fingerprint density at radius 1 is 1.12 bits per heavy atom.